The van der Waals surface area contributed by atoms with E-state index in [9.17, 15) is 9.59 Å². The molecule has 0 N–H and O–H groups in total. The summed E-state index contributed by atoms with van der Waals surface area (Å²) in [5, 5.41) is 2.33. The van der Waals surface area contributed by atoms with Crippen LogP contribution in [-0.2, 0) is 20.9 Å². The van der Waals surface area contributed by atoms with Crippen LogP contribution in [0.4, 0.5) is 5.69 Å². The van der Waals surface area contributed by atoms with Gasteiger partial charge in [-0.2, -0.15) is 0 Å². The number of carbonyl (C=O) groups excluding carboxylic acids is 2. The number of aryl methyl sites for hydroxylation is 1. The van der Waals surface area contributed by atoms with E-state index in [-0.39, 0.29) is 30.9 Å². The zero-order valence-corrected chi connectivity index (χ0v) is 17.3. The second-order valence-corrected chi connectivity index (χ2v) is 8.33. The van der Waals surface area contributed by atoms with Crippen molar-refractivity contribution in [3.8, 4) is 0 Å². The van der Waals surface area contributed by atoms with Crippen LogP contribution in [0, 0.1) is 12.8 Å². The molecular weight excluding hydrogens is 408 g/mol. The van der Waals surface area contributed by atoms with Gasteiger partial charge in [0.2, 0.25) is 5.91 Å². The molecule has 2 atom stereocenters. The Hall–Kier alpha value is -2.70. The quantitative estimate of drug-likeness (QED) is 0.428. The SMILES string of the molecule is Cc1ccc(N2C(=O)C[C@H](C(=O)OCc3ccc(Cl)nc3)[C@H]2c2cccs2)cc1. The average molecular weight is 427 g/mol. The van der Waals surface area contributed by atoms with Crippen molar-refractivity contribution in [1.82, 2.24) is 4.98 Å². The minimum Gasteiger partial charge on any atom is -0.460 e. The zero-order valence-electron chi connectivity index (χ0n) is 15.7. The summed E-state index contributed by atoms with van der Waals surface area (Å²) in [5.74, 6) is -1.04. The molecule has 1 amide bonds. The van der Waals surface area contributed by atoms with Gasteiger partial charge < -0.3 is 9.64 Å². The number of ether oxygens (including phenoxy) is 1. The monoisotopic (exact) mass is 426 g/mol. The first-order chi connectivity index (χ1) is 14.0. The number of carbonyl (C=O) groups is 2. The molecule has 4 rings (SSSR count). The van der Waals surface area contributed by atoms with Gasteiger partial charge in [-0.1, -0.05) is 41.4 Å². The molecule has 0 spiro atoms. The number of hydrogen-bond acceptors (Lipinski definition) is 5. The number of anilines is 1. The summed E-state index contributed by atoms with van der Waals surface area (Å²) in [6, 6.07) is 14.7. The van der Waals surface area contributed by atoms with Crippen molar-refractivity contribution in [1.29, 1.82) is 0 Å². The molecule has 0 bridgehead atoms. The number of halogens is 1. The molecule has 1 saturated heterocycles. The van der Waals surface area contributed by atoms with Crippen LogP contribution in [0.5, 0.6) is 0 Å². The Morgan fingerprint density at radius 3 is 2.69 bits per heavy atom. The van der Waals surface area contributed by atoms with Crippen LogP contribution < -0.4 is 4.90 Å². The molecule has 0 saturated carbocycles. The molecule has 7 heteroatoms. The van der Waals surface area contributed by atoms with Crippen LogP contribution >= 0.6 is 22.9 Å². The van der Waals surface area contributed by atoms with E-state index in [4.69, 9.17) is 16.3 Å². The Morgan fingerprint density at radius 1 is 1.24 bits per heavy atom. The van der Waals surface area contributed by atoms with Crippen molar-refractivity contribution in [2.45, 2.75) is 26.0 Å². The highest BCUT2D eigenvalue weighted by Gasteiger charge is 2.46. The van der Waals surface area contributed by atoms with E-state index >= 15 is 0 Å². The van der Waals surface area contributed by atoms with Gasteiger partial charge in [-0.05, 0) is 36.6 Å². The fourth-order valence-corrected chi connectivity index (χ4v) is 4.49. The number of rotatable bonds is 5. The zero-order chi connectivity index (χ0) is 20.4. The van der Waals surface area contributed by atoms with Gasteiger partial charge >= 0.3 is 5.97 Å². The van der Waals surface area contributed by atoms with Crippen molar-refractivity contribution in [3.05, 3.63) is 81.3 Å². The van der Waals surface area contributed by atoms with Gasteiger partial charge in [-0.15, -0.1) is 11.3 Å². The topological polar surface area (TPSA) is 59.5 Å². The van der Waals surface area contributed by atoms with Crippen LogP contribution in [-0.4, -0.2) is 16.9 Å². The molecule has 148 valence electrons. The van der Waals surface area contributed by atoms with E-state index in [0.717, 1.165) is 21.7 Å². The van der Waals surface area contributed by atoms with Crippen molar-refractivity contribution in [2.75, 3.05) is 4.90 Å². The second-order valence-electron chi connectivity index (χ2n) is 6.97. The van der Waals surface area contributed by atoms with E-state index in [1.807, 2.05) is 48.7 Å². The smallest absolute Gasteiger partial charge is 0.312 e. The first-order valence-corrected chi connectivity index (χ1v) is 10.5. The number of nitrogens with zero attached hydrogens (tertiary/aromatic N) is 2. The van der Waals surface area contributed by atoms with E-state index < -0.39 is 5.92 Å². The highest BCUT2D eigenvalue weighted by Crippen LogP contribution is 2.43. The Balaban J connectivity index is 1.58. The number of esters is 1. The lowest BCUT2D eigenvalue weighted by molar-refractivity contribution is -0.150. The van der Waals surface area contributed by atoms with Crippen LogP contribution in [0.3, 0.4) is 0 Å². The maximum absolute atomic E-state index is 12.9. The lowest BCUT2D eigenvalue weighted by Crippen LogP contribution is -2.30. The Labute approximate surface area is 177 Å². The highest BCUT2D eigenvalue weighted by atomic mass is 35.5. The summed E-state index contributed by atoms with van der Waals surface area (Å²) in [6.45, 7) is 2.09. The van der Waals surface area contributed by atoms with Crippen LogP contribution in [0.25, 0.3) is 0 Å². The number of pyridine rings is 1. The maximum Gasteiger partial charge on any atom is 0.312 e. The predicted molar refractivity (Wildman–Crippen MR) is 113 cm³/mol. The van der Waals surface area contributed by atoms with Gasteiger partial charge in [0.25, 0.3) is 0 Å². The molecule has 1 aliphatic rings. The van der Waals surface area contributed by atoms with Crippen molar-refractivity contribution < 1.29 is 14.3 Å². The van der Waals surface area contributed by atoms with Crippen molar-refractivity contribution in [2.24, 2.45) is 5.92 Å². The molecule has 1 aromatic carbocycles. The van der Waals surface area contributed by atoms with Crippen LogP contribution in [0.1, 0.15) is 28.5 Å². The fraction of sp³-hybridized carbons (Fsp3) is 0.227. The summed E-state index contributed by atoms with van der Waals surface area (Å²) in [6.07, 6.45) is 1.69. The van der Waals surface area contributed by atoms with Gasteiger partial charge in [0.05, 0.1) is 12.0 Å². The Kier molecular flexibility index (Phi) is 5.65. The summed E-state index contributed by atoms with van der Waals surface area (Å²) >= 11 is 7.33. The molecule has 29 heavy (non-hydrogen) atoms. The molecule has 1 aliphatic heterocycles. The average Bonchev–Trinajstić information content (AvgIpc) is 3.36. The van der Waals surface area contributed by atoms with Crippen LogP contribution in [0.15, 0.2) is 60.1 Å². The largest absolute Gasteiger partial charge is 0.460 e. The van der Waals surface area contributed by atoms with Gasteiger partial charge in [0.1, 0.15) is 11.8 Å². The number of benzene rings is 1. The molecule has 0 radical (unpaired) electrons. The number of hydrogen-bond donors (Lipinski definition) is 0. The molecular formula is C22H19ClN2O3S. The van der Waals surface area contributed by atoms with E-state index in [1.165, 1.54) is 11.3 Å². The highest BCUT2D eigenvalue weighted by molar-refractivity contribution is 7.10. The Morgan fingerprint density at radius 2 is 2.03 bits per heavy atom. The fourth-order valence-electron chi connectivity index (χ4n) is 3.49. The molecule has 2 aromatic heterocycles. The van der Waals surface area contributed by atoms with Gasteiger partial charge in [-0.25, -0.2) is 4.98 Å². The first kappa shape index (κ1) is 19.6. The summed E-state index contributed by atoms with van der Waals surface area (Å²) < 4.78 is 5.54. The third-order valence-electron chi connectivity index (χ3n) is 4.94. The predicted octanol–water partition coefficient (Wildman–Crippen LogP) is 4.94. The van der Waals surface area contributed by atoms with Crippen molar-refractivity contribution in [3.63, 3.8) is 0 Å². The molecule has 0 aliphatic carbocycles. The summed E-state index contributed by atoms with van der Waals surface area (Å²) in [5.41, 5.74) is 2.65. The molecule has 3 aromatic rings. The van der Waals surface area contributed by atoms with E-state index in [1.54, 1.807) is 23.2 Å². The normalized spacial score (nSPS) is 18.8. The van der Waals surface area contributed by atoms with E-state index in [0.29, 0.717) is 5.15 Å². The van der Waals surface area contributed by atoms with Gasteiger partial charge in [-0.3, -0.25) is 9.59 Å². The maximum atomic E-state index is 12.9. The molecule has 1 fully saturated rings. The number of aromatic nitrogens is 1. The summed E-state index contributed by atoms with van der Waals surface area (Å²) in [4.78, 5) is 32.5. The Bertz CT molecular complexity index is 1000. The molecule has 5 nitrogen and oxygen atoms in total. The van der Waals surface area contributed by atoms with Gasteiger partial charge in [0.15, 0.2) is 0 Å². The standard InChI is InChI=1S/C22H19ClN2O3S/c1-14-4-7-16(8-5-14)25-20(26)11-17(21(25)18-3-2-10-29-18)22(27)28-13-15-6-9-19(23)24-12-15/h2-10,12,17,21H,11,13H2,1H3/t17-,21-/m0/s1. The third kappa shape index (κ3) is 4.18. The van der Waals surface area contributed by atoms with Crippen LogP contribution in [0.2, 0.25) is 5.15 Å². The van der Waals surface area contributed by atoms with Gasteiger partial charge in [0, 0.05) is 28.7 Å². The number of thiophene rings is 1. The summed E-state index contributed by atoms with van der Waals surface area (Å²) in [7, 11) is 0. The number of amides is 1. The molecule has 3 heterocycles. The lowest BCUT2D eigenvalue weighted by atomic mass is 9.98. The first-order valence-electron chi connectivity index (χ1n) is 9.22. The van der Waals surface area contributed by atoms with Crippen molar-refractivity contribution >= 4 is 40.5 Å². The third-order valence-corrected chi connectivity index (χ3v) is 6.11. The lowest BCUT2D eigenvalue weighted by Gasteiger charge is -2.27. The second kappa shape index (κ2) is 8.35. The minimum absolute atomic E-state index is 0.0811. The molecule has 0 unspecified atom stereocenters. The minimum atomic E-state index is -0.567. The van der Waals surface area contributed by atoms with E-state index in [2.05, 4.69) is 4.98 Å².